The molecule has 0 atom stereocenters. The molecule has 2 aromatic rings. The van der Waals surface area contributed by atoms with Gasteiger partial charge in [-0.3, -0.25) is 0 Å². The third kappa shape index (κ3) is 2.66. The second kappa shape index (κ2) is 6.12. The molecule has 4 aliphatic rings. The number of benzene rings is 2. The Morgan fingerprint density at radius 1 is 0.654 bits per heavy atom. The number of allylic oxidation sites excluding steroid dienone is 2. The van der Waals surface area contributed by atoms with Crippen LogP contribution in [0.25, 0.3) is 11.1 Å². The Morgan fingerprint density at radius 2 is 1.12 bits per heavy atom. The quantitative estimate of drug-likeness (QED) is 0.522. The molecule has 0 spiro atoms. The third-order valence-electron chi connectivity index (χ3n) is 7.74. The summed E-state index contributed by atoms with van der Waals surface area (Å²) in [4.78, 5) is 0. The van der Waals surface area contributed by atoms with Crippen LogP contribution in [0.2, 0.25) is 0 Å². The van der Waals surface area contributed by atoms with E-state index < -0.39 is 0 Å². The predicted octanol–water partition coefficient (Wildman–Crippen LogP) is 7.11. The summed E-state index contributed by atoms with van der Waals surface area (Å²) in [6.45, 7) is 4.51. The Labute approximate surface area is 158 Å². The zero-order valence-corrected chi connectivity index (χ0v) is 16.2. The Bertz CT molecular complexity index is 787. The monoisotopic (exact) mass is 342 g/mol. The molecular weight excluding hydrogens is 312 g/mol. The summed E-state index contributed by atoms with van der Waals surface area (Å²) in [6, 6.07) is 20.5. The van der Waals surface area contributed by atoms with Crippen LogP contribution >= 0.6 is 0 Å². The summed E-state index contributed by atoms with van der Waals surface area (Å²) in [5.41, 5.74) is 7.63. The summed E-state index contributed by atoms with van der Waals surface area (Å²) < 4.78 is 0. The first-order valence-electron chi connectivity index (χ1n) is 10.5. The van der Waals surface area contributed by atoms with Crippen LogP contribution in [0.1, 0.15) is 69.1 Å². The average Bonchev–Trinajstić information content (AvgIpc) is 2.67. The molecule has 26 heavy (non-hydrogen) atoms. The maximum Gasteiger partial charge on any atom is -0.00391 e. The fourth-order valence-electron chi connectivity index (χ4n) is 6.66. The Kier molecular flexibility index (Phi) is 3.85. The largest absolute Gasteiger partial charge is 0.0622 e. The van der Waals surface area contributed by atoms with Crippen molar-refractivity contribution < 1.29 is 0 Å². The first-order valence-corrected chi connectivity index (χ1v) is 10.5. The van der Waals surface area contributed by atoms with Gasteiger partial charge in [0, 0.05) is 0 Å². The van der Waals surface area contributed by atoms with Crippen molar-refractivity contribution in [2.24, 2.45) is 17.8 Å². The summed E-state index contributed by atoms with van der Waals surface area (Å²) in [7, 11) is 0. The van der Waals surface area contributed by atoms with Gasteiger partial charge in [0.25, 0.3) is 0 Å². The fourth-order valence-corrected chi connectivity index (χ4v) is 6.66. The minimum absolute atomic E-state index is 0.513. The summed E-state index contributed by atoms with van der Waals surface area (Å²) in [5.74, 6) is 3.05. The lowest BCUT2D eigenvalue weighted by Gasteiger charge is -2.57. The van der Waals surface area contributed by atoms with E-state index in [-0.39, 0.29) is 0 Å². The fraction of sp³-hybridized carbons (Fsp3) is 0.462. The first-order chi connectivity index (χ1) is 12.6. The summed E-state index contributed by atoms with van der Waals surface area (Å²) in [5, 5.41) is 0. The highest BCUT2D eigenvalue weighted by Gasteiger charge is 2.51. The van der Waals surface area contributed by atoms with E-state index in [1.54, 1.807) is 5.56 Å². The predicted molar refractivity (Wildman–Crippen MR) is 111 cm³/mol. The standard InChI is InChI=1S/C26H30/c1-18(23-6-4-3-5-7-23)19(2)24-8-10-25(11-9-24)26-15-20-12-21(16-26)14-22(13-20)17-26/h3-11,20-22H,12-17H2,1-2H3/b19-18+. The molecule has 4 fully saturated rings. The van der Waals surface area contributed by atoms with Crippen molar-refractivity contribution in [2.75, 3.05) is 0 Å². The molecule has 0 aliphatic heterocycles. The molecule has 4 saturated carbocycles. The Balaban J connectivity index is 1.45. The third-order valence-corrected chi connectivity index (χ3v) is 7.74. The molecule has 0 N–H and O–H groups in total. The van der Waals surface area contributed by atoms with E-state index in [9.17, 15) is 0 Å². The normalized spacial score (nSPS) is 33.2. The van der Waals surface area contributed by atoms with Gasteiger partial charge in [0.05, 0.1) is 0 Å². The molecule has 0 amide bonds. The first kappa shape index (κ1) is 16.4. The van der Waals surface area contributed by atoms with Crippen molar-refractivity contribution in [3.8, 4) is 0 Å². The zero-order chi connectivity index (χ0) is 17.7. The zero-order valence-electron chi connectivity index (χ0n) is 16.2. The van der Waals surface area contributed by atoms with Crippen LogP contribution in [-0.2, 0) is 5.41 Å². The lowest BCUT2D eigenvalue weighted by molar-refractivity contribution is -0.00518. The molecule has 0 heteroatoms. The highest BCUT2D eigenvalue weighted by Crippen LogP contribution is 2.60. The molecular formula is C26H30. The number of hydrogen-bond donors (Lipinski definition) is 0. The van der Waals surface area contributed by atoms with Crippen LogP contribution < -0.4 is 0 Å². The van der Waals surface area contributed by atoms with Gasteiger partial charge in [-0.25, -0.2) is 0 Å². The van der Waals surface area contributed by atoms with Crippen LogP contribution in [-0.4, -0.2) is 0 Å². The molecule has 2 aromatic carbocycles. The van der Waals surface area contributed by atoms with E-state index in [4.69, 9.17) is 0 Å². The Hall–Kier alpha value is -1.82. The van der Waals surface area contributed by atoms with Gasteiger partial charge in [-0.05, 0) is 103 Å². The molecule has 0 radical (unpaired) electrons. The van der Waals surface area contributed by atoms with Gasteiger partial charge in [-0.2, -0.15) is 0 Å². The van der Waals surface area contributed by atoms with Crippen LogP contribution in [0.15, 0.2) is 54.6 Å². The lowest BCUT2D eigenvalue weighted by Crippen LogP contribution is -2.48. The van der Waals surface area contributed by atoms with E-state index in [0.29, 0.717) is 5.41 Å². The minimum atomic E-state index is 0.513. The van der Waals surface area contributed by atoms with E-state index in [1.807, 2.05) is 0 Å². The molecule has 134 valence electrons. The molecule has 0 unspecified atom stereocenters. The minimum Gasteiger partial charge on any atom is -0.0622 e. The van der Waals surface area contributed by atoms with E-state index in [2.05, 4.69) is 68.4 Å². The molecule has 6 rings (SSSR count). The van der Waals surface area contributed by atoms with Crippen molar-refractivity contribution in [1.82, 2.24) is 0 Å². The molecule has 0 aromatic heterocycles. The number of hydrogen-bond acceptors (Lipinski definition) is 0. The second-order valence-electron chi connectivity index (χ2n) is 9.39. The van der Waals surface area contributed by atoms with E-state index >= 15 is 0 Å². The SMILES string of the molecule is C/C(=C(/C)c1ccc(C23CC4CC(CC(C4)C2)C3)cc1)c1ccccc1. The maximum absolute atomic E-state index is 2.46. The molecule has 0 saturated heterocycles. The average molecular weight is 343 g/mol. The molecule has 0 heterocycles. The van der Waals surface area contributed by atoms with Gasteiger partial charge < -0.3 is 0 Å². The summed E-state index contributed by atoms with van der Waals surface area (Å²) in [6.07, 6.45) is 8.93. The highest BCUT2D eigenvalue weighted by molar-refractivity contribution is 5.88. The lowest BCUT2D eigenvalue weighted by atomic mass is 9.48. The summed E-state index contributed by atoms with van der Waals surface area (Å²) >= 11 is 0. The molecule has 0 nitrogen and oxygen atoms in total. The van der Waals surface area contributed by atoms with Gasteiger partial charge in [-0.15, -0.1) is 0 Å². The van der Waals surface area contributed by atoms with E-state index in [1.165, 1.54) is 60.8 Å². The van der Waals surface area contributed by atoms with Crippen molar-refractivity contribution in [3.05, 3.63) is 71.3 Å². The van der Waals surface area contributed by atoms with Crippen LogP contribution in [0, 0.1) is 17.8 Å². The molecule has 4 aliphatic carbocycles. The van der Waals surface area contributed by atoms with Gasteiger partial charge in [0.15, 0.2) is 0 Å². The highest BCUT2D eigenvalue weighted by atomic mass is 14.6. The topological polar surface area (TPSA) is 0 Å². The van der Waals surface area contributed by atoms with Crippen molar-refractivity contribution in [1.29, 1.82) is 0 Å². The molecule has 4 bridgehead atoms. The smallest absolute Gasteiger partial charge is 0.00391 e. The van der Waals surface area contributed by atoms with Crippen molar-refractivity contribution in [2.45, 2.75) is 57.8 Å². The van der Waals surface area contributed by atoms with Gasteiger partial charge in [-0.1, -0.05) is 54.6 Å². The van der Waals surface area contributed by atoms with Crippen LogP contribution in [0.3, 0.4) is 0 Å². The number of rotatable bonds is 3. The van der Waals surface area contributed by atoms with Crippen molar-refractivity contribution >= 4 is 11.1 Å². The maximum atomic E-state index is 2.46. The van der Waals surface area contributed by atoms with Gasteiger partial charge in [0.2, 0.25) is 0 Å². The van der Waals surface area contributed by atoms with Crippen LogP contribution in [0.4, 0.5) is 0 Å². The Morgan fingerprint density at radius 3 is 1.62 bits per heavy atom. The van der Waals surface area contributed by atoms with E-state index in [0.717, 1.165) is 17.8 Å². The van der Waals surface area contributed by atoms with Gasteiger partial charge >= 0.3 is 0 Å². The second-order valence-corrected chi connectivity index (χ2v) is 9.39. The van der Waals surface area contributed by atoms with Gasteiger partial charge in [0.1, 0.15) is 0 Å². The van der Waals surface area contributed by atoms with Crippen LogP contribution in [0.5, 0.6) is 0 Å². The van der Waals surface area contributed by atoms with Crippen molar-refractivity contribution in [3.63, 3.8) is 0 Å².